The number of rotatable bonds is 5. The average molecular weight is 327 g/mol. The molecule has 0 bridgehead atoms. The van der Waals surface area contributed by atoms with Crippen LogP contribution in [0.1, 0.15) is 12.5 Å². The number of hydrogen-bond donors (Lipinski definition) is 3. The molecule has 3 N–H and O–H groups in total. The maximum atomic E-state index is 11.8. The first kappa shape index (κ1) is 17.0. The third-order valence-corrected chi connectivity index (χ3v) is 2.88. The molecule has 2 aromatic carbocycles. The molecule has 7 heteroatoms. The quantitative estimate of drug-likeness (QED) is 0.443. The zero-order valence-corrected chi connectivity index (χ0v) is 13.0. The van der Waals surface area contributed by atoms with Gasteiger partial charge in [-0.15, -0.1) is 0 Å². The Kier molecular flexibility index (Phi) is 5.90. The van der Waals surface area contributed by atoms with Crippen molar-refractivity contribution in [3.8, 4) is 11.5 Å². The highest BCUT2D eigenvalue weighted by Crippen LogP contribution is 2.15. The van der Waals surface area contributed by atoms with E-state index in [0.29, 0.717) is 23.6 Å². The number of carbonyl (C=O) groups is 2. The first-order valence-electron chi connectivity index (χ1n) is 7.24. The van der Waals surface area contributed by atoms with E-state index in [0.717, 1.165) is 0 Å². The lowest BCUT2D eigenvalue weighted by atomic mass is 10.2. The van der Waals surface area contributed by atoms with Crippen molar-refractivity contribution in [2.75, 3.05) is 11.9 Å². The van der Waals surface area contributed by atoms with Gasteiger partial charge in [-0.25, -0.2) is 5.43 Å². The highest BCUT2D eigenvalue weighted by molar-refractivity contribution is 6.39. The Balaban J connectivity index is 1.86. The molecule has 0 heterocycles. The number of phenols is 1. The SMILES string of the molecule is CCOc1ccc(NC(=O)C(=O)N/N=C/c2cccc(O)c2)cc1. The van der Waals surface area contributed by atoms with Crippen molar-refractivity contribution in [1.29, 1.82) is 0 Å². The van der Waals surface area contributed by atoms with Crippen molar-refractivity contribution in [3.05, 3.63) is 54.1 Å². The highest BCUT2D eigenvalue weighted by Gasteiger charge is 2.12. The summed E-state index contributed by atoms with van der Waals surface area (Å²) in [4.78, 5) is 23.4. The molecule has 124 valence electrons. The van der Waals surface area contributed by atoms with Gasteiger partial charge in [0, 0.05) is 5.69 Å². The average Bonchev–Trinajstić information content (AvgIpc) is 2.57. The van der Waals surface area contributed by atoms with Crippen molar-refractivity contribution < 1.29 is 19.4 Å². The molecule has 0 saturated carbocycles. The summed E-state index contributed by atoms with van der Waals surface area (Å²) < 4.78 is 5.29. The van der Waals surface area contributed by atoms with Crippen LogP contribution in [0, 0.1) is 0 Å². The summed E-state index contributed by atoms with van der Waals surface area (Å²) in [6.45, 7) is 2.42. The van der Waals surface area contributed by atoms with Gasteiger partial charge in [-0.05, 0) is 48.9 Å². The molecule has 0 atom stereocenters. The van der Waals surface area contributed by atoms with Gasteiger partial charge >= 0.3 is 11.8 Å². The van der Waals surface area contributed by atoms with E-state index < -0.39 is 11.8 Å². The Morgan fingerprint density at radius 2 is 1.92 bits per heavy atom. The number of phenolic OH excluding ortho intramolecular Hbond substituents is 1. The van der Waals surface area contributed by atoms with E-state index in [1.54, 1.807) is 36.4 Å². The second-order valence-electron chi connectivity index (χ2n) is 4.71. The summed E-state index contributed by atoms with van der Waals surface area (Å²) in [5.74, 6) is -0.985. The summed E-state index contributed by atoms with van der Waals surface area (Å²) in [6, 6.07) is 13.0. The minimum absolute atomic E-state index is 0.0820. The highest BCUT2D eigenvalue weighted by atomic mass is 16.5. The molecule has 7 nitrogen and oxygen atoms in total. The number of benzene rings is 2. The second-order valence-corrected chi connectivity index (χ2v) is 4.71. The molecule has 0 fully saturated rings. The number of aromatic hydroxyl groups is 1. The van der Waals surface area contributed by atoms with Gasteiger partial charge in [0.1, 0.15) is 11.5 Å². The van der Waals surface area contributed by atoms with Crippen LogP contribution in [0.3, 0.4) is 0 Å². The molecule has 0 unspecified atom stereocenters. The van der Waals surface area contributed by atoms with Gasteiger partial charge in [0.15, 0.2) is 0 Å². The first-order chi connectivity index (χ1) is 11.6. The number of ether oxygens (including phenoxy) is 1. The Hall–Kier alpha value is -3.35. The largest absolute Gasteiger partial charge is 0.508 e. The van der Waals surface area contributed by atoms with E-state index in [1.807, 2.05) is 6.92 Å². The van der Waals surface area contributed by atoms with E-state index in [4.69, 9.17) is 4.74 Å². The molecule has 0 spiro atoms. The minimum atomic E-state index is -0.903. The van der Waals surface area contributed by atoms with E-state index in [1.165, 1.54) is 18.3 Å². The van der Waals surface area contributed by atoms with Gasteiger partial charge in [0.2, 0.25) is 0 Å². The van der Waals surface area contributed by atoms with E-state index in [2.05, 4.69) is 15.8 Å². The van der Waals surface area contributed by atoms with Crippen LogP contribution in [0.5, 0.6) is 11.5 Å². The number of hydrazone groups is 1. The molecule has 0 aromatic heterocycles. The van der Waals surface area contributed by atoms with Crippen LogP contribution in [-0.4, -0.2) is 29.7 Å². The van der Waals surface area contributed by atoms with Crippen LogP contribution in [0.15, 0.2) is 53.6 Å². The van der Waals surface area contributed by atoms with Gasteiger partial charge in [0.25, 0.3) is 0 Å². The Morgan fingerprint density at radius 1 is 1.17 bits per heavy atom. The van der Waals surface area contributed by atoms with Gasteiger partial charge in [0.05, 0.1) is 12.8 Å². The van der Waals surface area contributed by atoms with Crippen molar-refractivity contribution >= 4 is 23.7 Å². The number of nitrogens with one attached hydrogen (secondary N) is 2. The number of anilines is 1. The topological polar surface area (TPSA) is 100 Å². The molecule has 0 aliphatic carbocycles. The molecule has 2 aromatic rings. The third-order valence-electron chi connectivity index (χ3n) is 2.88. The Morgan fingerprint density at radius 3 is 2.58 bits per heavy atom. The van der Waals surface area contributed by atoms with Crippen molar-refractivity contribution in [2.45, 2.75) is 6.92 Å². The molecule has 0 aliphatic heterocycles. The second kappa shape index (κ2) is 8.33. The number of hydrogen-bond acceptors (Lipinski definition) is 5. The van der Waals surface area contributed by atoms with Crippen LogP contribution in [0.25, 0.3) is 0 Å². The summed E-state index contributed by atoms with van der Waals surface area (Å²) in [5, 5.41) is 15.4. The number of amides is 2. The van der Waals surface area contributed by atoms with Crippen LogP contribution in [0.4, 0.5) is 5.69 Å². The van der Waals surface area contributed by atoms with Crippen molar-refractivity contribution in [2.24, 2.45) is 5.10 Å². The van der Waals surface area contributed by atoms with Gasteiger partial charge in [-0.3, -0.25) is 9.59 Å². The lowest BCUT2D eigenvalue weighted by Gasteiger charge is -2.06. The van der Waals surface area contributed by atoms with E-state index >= 15 is 0 Å². The van der Waals surface area contributed by atoms with Crippen LogP contribution in [-0.2, 0) is 9.59 Å². The monoisotopic (exact) mass is 327 g/mol. The molecular weight excluding hydrogens is 310 g/mol. The van der Waals surface area contributed by atoms with Gasteiger partial charge in [-0.1, -0.05) is 12.1 Å². The molecule has 0 saturated heterocycles. The fourth-order valence-corrected chi connectivity index (χ4v) is 1.81. The predicted octanol–water partition coefficient (Wildman–Crippen LogP) is 1.88. The standard InChI is InChI=1S/C17H17N3O4/c1-2-24-15-8-6-13(7-9-15)19-16(22)17(23)20-18-11-12-4-3-5-14(21)10-12/h3-11,21H,2H2,1H3,(H,19,22)(H,20,23)/b18-11+. The lowest BCUT2D eigenvalue weighted by Crippen LogP contribution is -2.32. The fraction of sp³-hybridized carbons (Fsp3) is 0.118. The Labute approximate surface area is 139 Å². The normalized spacial score (nSPS) is 10.4. The van der Waals surface area contributed by atoms with E-state index in [-0.39, 0.29) is 5.75 Å². The number of carbonyl (C=O) groups excluding carboxylic acids is 2. The van der Waals surface area contributed by atoms with Crippen molar-refractivity contribution in [3.63, 3.8) is 0 Å². The summed E-state index contributed by atoms with van der Waals surface area (Å²) in [5.41, 5.74) is 3.17. The molecule has 0 aliphatic rings. The molecule has 2 rings (SSSR count). The van der Waals surface area contributed by atoms with E-state index in [9.17, 15) is 14.7 Å². The van der Waals surface area contributed by atoms with Crippen LogP contribution < -0.4 is 15.5 Å². The maximum Gasteiger partial charge on any atom is 0.329 e. The smallest absolute Gasteiger partial charge is 0.329 e. The Bertz CT molecular complexity index is 742. The zero-order chi connectivity index (χ0) is 17.4. The molecular formula is C17H17N3O4. The summed E-state index contributed by atoms with van der Waals surface area (Å²) >= 11 is 0. The minimum Gasteiger partial charge on any atom is -0.508 e. The molecule has 2 amide bonds. The summed E-state index contributed by atoms with van der Waals surface area (Å²) in [7, 11) is 0. The van der Waals surface area contributed by atoms with Crippen LogP contribution in [0.2, 0.25) is 0 Å². The third kappa shape index (κ3) is 5.13. The molecule has 24 heavy (non-hydrogen) atoms. The number of nitrogens with zero attached hydrogens (tertiary/aromatic N) is 1. The molecule has 0 radical (unpaired) electrons. The lowest BCUT2D eigenvalue weighted by molar-refractivity contribution is -0.136. The van der Waals surface area contributed by atoms with Gasteiger partial charge < -0.3 is 15.2 Å². The fourth-order valence-electron chi connectivity index (χ4n) is 1.81. The van der Waals surface area contributed by atoms with Crippen LogP contribution >= 0.6 is 0 Å². The first-order valence-corrected chi connectivity index (χ1v) is 7.24. The van der Waals surface area contributed by atoms with Crippen molar-refractivity contribution in [1.82, 2.24) is 5.43 Å². The maximum absolute atomic E-state index is 11.8. The zero-order valence-electron chi connectivity index (χ0n) is 13.0. The summed E-state index contributed by atoms with van der Waals surface area (Å²) in [6.07, 6.45) is 1.32. The predicted molar refractivity (Wildman–Crippen MR) is 90.1 cm³/mol. The van der Waals surface area contributed by atoms with Gasteiger partial charge in [-0.2, -0.15) is 5.10 Å².